The first-order chi connectivity index (χ1) is 11.6. The fourth-order valence-corrected chi connectivity index (χ4v) is 2.61. The fraction of sp³-hybridized carbons (Fsp3) is 0.0667. The molecule has 3 rings (SSSR count). The first-order valence-electron chi connectivity index (χ1n) is 6.70. The average molecular weight is 348 g/mol. The van der Waals surface area contributed by atoms with E-state index in [-0.39, 0.29) is 11.4 Å². The van der Waals surface area contributed by atoms with Gasteiger partial charge in [0.2, 0.25) is 0 Å². The molecular weight excluding hydrogens is 338 g/mol. The van der Waals surface area contributed by atoms with Crippen molar-refractivity contribution in [1.29, 1.82) is 0 Å². The lowest BCUT2D eigenvalue weighted by Crippen LogP contribution is -2.13. The first-order valence-corrected chi connectivity index (χ1v) is 7.58. The van der Waals surface area contributed by atoms with Crippen LogP contribution < -0.4 is 10.1 Å². The van der Waals surface area contributed by atoms with Crippen LogP contribution in [0.1, 0.15) is 10.5 Å². The Hall–Kier alpha value is -2.94. The predicted octanol–water partition coefficient (Wildman–Crippen LogP) is 3.45. The van der Waals surface area contributed by atoms with Gasteiger partial charge in [-0.05, 0) is 12.1 Å². The number of nitrogens with zero attached hydrogens (tertiary/aromatic N) is 3. The summed E-state index contributed by atoms with van der Waals surface area (Å²) in [7, 11) is 0. The van der Waals surface area contributed by atoms with E-state index < -0.39 is 12.5 Å². The summed E-state index contributed by atoms with van der Waals surface area (Å²) in [5, 5.41) is 4.54. The maximum atomic E-state index is 12.5. The number of alkyl halides is 2. The minimum Gasteiger partial charge on any atom is -0.434 e. The number of amides is 1. The van der Waals surface area contributed by atoms with Gasteiger partial charge in [0.25, 0.3) is 5.91 Å². The second-order valence-corrected chi connectivity index (χ2v) is 5.32. The second-order valence-electron chi connectivity index (χ2n) is 4.46. The summed E-state index contributed by atoms with van der Waals surface area (Å²) in [6, 6.07) is 6.31. The number of nitrogens with one attached hydrogen (secondary N) is 1. The number of halogens is 2. The number of thiazole rings is 1. The quantitative estimate of drug-likeness (QED) is 0.764. The molecule has 0 aliphatic heterocycles. The van der Waals surface area contributed by atoms with Crippen LogP contribution in [0.2, 0.25) is 0 Å². The van der Waals surface area contributed by atoms with Gasteiger partial charge in [-0.15, -0.1) is 11.3 Å². The van der Waals surface area contributed by atoms with Crippen LogP contribution in [0.4, 0.5) is 13.9 Å². The molecule has 6 nitrogen and oxygen atoms in total. The van der Waals surface area contributed by atoms with Gasteiger partial charge in [-0.25, -0.2) is 9.97 Å². The minimum absolute atomic E-state index is 0.0182. The molecule has 1 aromatic carbocycles. The Balaban J connectivity index is 1.80. The Morgan fingerprint density at radius 1 is 1.25 bits per heavy atom. The van der Waals surface area contributed by atoms with Gasteiger partial charge in [-0.2, -0.15) is 8.78 Å². The third-order valence-electron chi connectivity index (χ3n) is 2.90. The van der Waals surface area contributed by atoms with Gasteiger partial charge in [-0.3, -0.25) is 15.1 Å². The third-order valence-corrected chi connectivity index (χ3v) is 3.66. The zero-order chi connectivity index (χ0) is 16.9. The molecule has 1 N–H and O–H groups in total. The van der Waals surface area contributed by atoms with Crippen molar-refractivity contribution in [2.75, 3.05) is 5.32 Å². The number of hydrogen-bond donors (Lipinski definition) is 1. The number of para-hydroxylation sites is 1. The van der Waals surface area contributed by atoms with Gasteiger partial charge < -0.3 is 4.74 Å². The average Bonchev–Trinajstić information content (AvgIpc) is 3.04. The summed E-state index contributed by atoms with van der Waals surface area (Å²) in [4.78, 5) is 23.9. The Morgan fingerprint density at radius 2 is 2.08 bits per heavy atom. The molecule has 0 aliphatic rings. The van der Waals surface area contributed by atoms with Crippen LogP contribution in [-0.4, -0.2) is 27.5 Å². The number of carbonyl (C=O) groups excluding carboxylic acids is 1. The highest BCUT2D eigenvalue weighted by Crippen LogP contribution is 2.33. The second kappa shape index (κ2) is 7.09. The topological polar surface area (TPSA) is 77.0 Å². The number of benzene rings is 1. The Morgan fingerprint density at radius 3 is 2.83 bits per heavy atom. The molecule has 0 unspecified atom stereocenters. The molecule has 0 bridgehead atoms. The third kappa shape index (κ3) is 3.69. The molecular formula is C15H10F2N4O2S. The summed E-state index contributed by atoms with van der Waals surface area (Å²) < 4.78 is 29.4. The van der Waals surface area contributed by atoms with E-state index in [1.54, 1.807) is 23.6 Å². The molecule has 0 saturated heterocycles. The molecule has 3 aromatic rings. The predicted molar refractivity (Wildman–Crippen MR) is 84.2 cm³/mol. The van der Waals surface area contributed by atoms with Crippen molar-refractivity contribution >= 4 is 22.4 Å². The van der Waals surface area contributed by atoms with Gasteiger partial charge in [0.05, 0.1) is 11.9 Å². The fourth-order valence-electron chi connectivity index (χ4n) is 1.91. The number of hydrogen-bond acceptors (Lipinski definition) is 6. The Bertz CT molecular complexity index is 842. The van der Waals surface area contributed by atoms with Gasteiger partial charge in [0.1, 0.15) is 11.4 Å². The molecule has 1 amide bonds. The number of anilines is 1. The van der Waals surface area contributed by atoms with E-state index in [4.69, 9.17) is 0 Å². The zero-order valence-electron chi connectivity index (χ0n) is 12.0. The van der Waals surface area contributed by atoms with Crippen molar-refractivity contribution in [2.45, 2.75) is 6.61 Å². The van der Waals surface area contributed by atoms with Gasteiger partial charge in [0, 0.05) is 23.3 Å². The Kier molecular flexibility index (Phi) is 4.71. The molecule has 0 atom stereocenters. The standard InChI is InChI=1S/C15H10F2N4O2S/c16-14(17)23-12-4-2-1-3-9(12)11-8-24-15(20-11)21-13(22)10-7-18-5-6-19-10/h1-8,14H,(H,20,21,22). The van der Waals surface area contributed by atoms with Crippen LogP contribution in [0.5, 0.6) is 5.75 Å². The summed E-state index contributed by atoms with van der Waals surface area (Å²) >= 11 is 1.16. The number of carbonyl (C=O) groups is 1. The highest BCUT2D eigenvalue weighted by atomic mass is 32.1. The molecule has 0 radical (unpaired) electrons. The summed E-state index contributed by atoms with van der Waals surface area (Å²) in [5.41, 5.74) is 0.982. The van der Waals surface area contributed by atoms with E-state index in [2.05, 4.69) is 25.0 Å². The highest BCUT2D eigenvalue weighted by molar-refractivity contribution is 7.14. The monoisotopic (exact) mass is 348 g/mol. The van der Waals surface area contributed by atoms with E-state index in [0.29, 0.717) is 16.4 Å². The number of ether oxygens (including phenoxy) is 1. The lowest BCUT2D eigenvalue weighted by molar-refractivity contribution is -0.0494. The van der Waals surface area contributed by atoms with E-state index in [1.165, 1.54) is 24.7 Å². The largest absolute Gasteiger partial charge is 0.434 e. The van der Waals surface area contributed by atoms with Crippen LogP contribution in [0, 0.1) is 0 Å². The zero-order valence-corrected chi connectivity index (χ0v) is 12.8. The molecule has 0 saturated carbocycles. The summed E-state index contributed by atoms with van der Waals surface area (Å²) in [5.74, 6) is -0.439. The smallest absolute Gasteiger partial charge is 0.387 e. The molecule has 2 aromatic heterocycles. The van der Waals surface area contributed by atoms with Crippen LogP contribution in [-0.2, 0) is 0 Å². The number of rotatable bonds is 5. The molecule has 0 spiro atoms. The molecule has 0 fully saturated rings. The van der Waals surface area contributed by atoms with Crippen LogP contribution in [0.15, 0.2) is 48.2 Å². The maximum absolute atomic E-state index is 12.5. The van der Waals surface area contributed by atoms with Crippen molar-refractivity contribution in [3.05, 3.63) is 53.9 Å². The molecule has 24 heavy (non-hydrogen) atoms. The number of aromatic nitrogens is 3. The Labute approximate surface area is 139 Å². The van der Waals surface area contributed by atoms with Crippen molar-refractivity contribution in [3.63, 3.8) is 0 Å². The van der Waals surface area contributed by atoms with E-state index in [0.717, 1.165) is 11.3 Å². The normalized spacial score (nSPS) is 10.6. The van der Waals surface area contributed by atoms with Gasteiger partial charge >= 0.3 is 6.61 Å². The summed E-state index contributed by atoms with van der Waals surface area (Å²) in [6.07, 6.45) is 4.19. The molecule has 2 heterocycles. The van der Waals surface area contributed by atoms with Crippen molar-refractivity contribution in [3.8, 4) is 17.0 Å². The van der Waals surface area contributed by atoms with E-state index in [9.17, 15) is 13.6 Å². The van der Waals surface area contributed by atoms with Crippen molar-refractivity contribution in [1.82, 2.24) is 15.0 Å². The van der Waals surface area contributed by atoms with Crippen molar-refractivity contribution in [2.24, 2.45) is 0 Å². The lowest BCUT2D eigenvalue weighted by Gasteiger charge is -2.08. The van der Waals surface area contributed by atoms with Gasteiger partial charge in [0.15, 0.2) is 5.13 Å². The van der Waals surface area contributed by atoms with Crippen LogP contribution in [0.3, 0.4) is 0 Å². The van der Waals surface area contributed by atoms with E-state index in [1.807, 2.05) is 0 Å². The molecule has 122 valence electrons. The SMILES string of the molecule is O=C(Nc1nc(-c2ccccc2OC(F)F)cs1)c1cnccn1. The lowest BCUT2D eigenvalue weighted by atomic mass is 10.1. The highest BCUT2D eigenvalue weighted by Gasteiger charge is 2.15. The first kappa shape index (κ1) is 15.9. The van der Waals surface area contributed by atoms with Crippen molar-refractivity contribution < 1.29 is 18.3 Å². The van der Waals surface area contributed by atoms with E-state index >= 15 is 0 Å². The van der Waals surface area contributed by atoms with Crippen LogP contribution >= 0.6 is 11.3 Å². The minimum atomic E-state index is -2.93. The summed E-state index contributed by atoms with van der Waals surface area (Å²) in [6.45, 7) is -2.93. The molecule has 0 aliphatic carbocycles. The van der Waals surface area contributed by atoms with Crippen LogP contribution in [0.25, 0.3) is 11.3 Å². The molecule has 9 heteroatoms. The maximum Gasteiger partial charge on any atom is 0.387 e. The van der Waals surface area contributed by atoms with Gasteiger partial charge in [-0.1, -0.05) is 12.1 Å².